The van der Waals surface area contributed by atoms with E-state index in [1.165, 1.54) is 0 Å². The lowest BCUT2D eigenvalue weighted by Crippen LogP contribution is -2.13. The van der Waals surface area contributed by atoms with Crippen molar-refractivity contribution in [1.29, 1.82) is 0 Å². The lowest BCUT2D eigenvalue weighted by atomic mass is 10.1. The number of methoxy groups -OCH3 is 2. The SMILES string of the molecule is COc1cc(C)c(NC(=O)c2ccc(SCc3csc(C)n3)cc2)cc1OC. The van der Waals surface area contributed by atoms with Crippen molar-refractivity contribution in [1.82, 2.24) is 4.98 Å². The summed E-state index contributed by atoms with van der Waals surface area (Å²) in [7, 11) is 3.16. The first-order chi connectivity index (χ1) is 13.5. The van der Waals surface area contributed by atoms with Gasteiger partial charge in [-0.1, -0.05) is 0 Å². The Hall–Kier alpha value is -2.51. The number of aryl methyl sites for hydroxylation is 2. The van der Waals surface area contributed by atoms with Crippen molar-refractivity contribution < 1.29 is 14.3 Å². The summed E-state index contributed by atoms with van der Waals surface area (Å²) in [5.74, 6) is 1.87. The zero-order valence-corrected chi connectivity index (χ0v) is 17.9. The second kappa shape index (κ2) is 9.12. The fraction of sp³-hybridized carbons (Fsp3) is 0.238. The number of carbonyl (C=O) groups excluding carboxylic acids is 1. The molecule has 0 fully saturated rings. The Balaban J connectivity index is 1.66. The third kappa shape index (κ3) is 4.85. The molecular weight excluding hydrogens is 392 g/mol. The van der Waals surface area contributed by atoms with Crippen molar-refractivity contribution >= 4 is 34.7 Å². The first kappa shape index (κ1) is 20.2. The van der Waals surface area contributed by atoms with E-state index in [1.54, 1.807) is 43.4 Å². The van der Waals surface area contributed by atoms with Gasteiger partial charge in [-0.05, 0) is 49.7 Å². The van der Waals surface area contributed by atoms with Crippen LogP contribution in [0.1, 0.15) is 26.6 Å². The lowest BCUT2D eigenvalue weighted by molar-refractivity contribution is 0.102. The Labute approximate surface area is 173 Å². The summed E-state index contributed by atoms with van der Waals surface area (Å²) >= 11 is 3.36. The van der Waals surface area contributed by atoms with Crippen LogP contribution in [0.2, 0.25) is 0 Å². The normalized spacial score (nSPS) is 10.6. The summed E-state index contributed by atoms with van der Waals surface area (Å²) in [4.78, 5) is 18.2. The number of thioether (sulfide) groups is 1. The number of nitrogens with zero attached hydrogens (tertiary/aromatic N) is 1. The lowest BCUT2D eigenvalue weighted by Gasteiger charge is -2.13. The number of hydrogen-bond acceptors (Lipinski definition) is 6. The van der Waals surface area contributed by atoms with Crippen LogP contribution >= 0.6 is 23.1 Å². The predicted octanol–water partition coefficient (Wildman–Crippen LogP) is 5.32. The Morgan fingerprint density at radius 1 is 1.11 bits per heavy atom. The number of amides is 1. The Bertz CT molecular complexity index is 968. The van der Waals surface area contributed by atoms with E-state index in [4.69, 9.17) is 9.47 Å². The van der Waals surface area contributed by atoms with Gasteiger partial charge >= 0.3 is 0 Å². The molecule has 1 heterocycles. The molecule has 0 aliphatic carbocycles. The molecule has 5 nitrogen and oxygen atoms in total. The monoisotopic (exact) mass is 414 g/mol. The third-order valence-electron chi connectivity index (χ3n) is 4.15. The van der Waals surface area contributed by atoms with Gasteiger partial charge in [0.25, 0.3) is 5.91 Å². The number of carbonyl (C=O) groups is 1. The quantitative estimate of drug-likeness (QED) is 0.530. The van der Waals surface area contributed by atoms with Crippen LogP contribution in [0.5, 0.6) is 11.5 Å². The molecular formula is C21H22N2O3S2. The molecule has 0 atom stereocenters. The highest BCUT2D eigenvalue weighted by molar-refractivity contribution is 7.98. The van der Waals surface area contributed by atoms with E-state index in [0.717, 1.165) is 26.9 Å². The van der Waals surface area contributed by atoms with Crippen LogP contribution in [0.3, 0.4) is 0 Å². The number of thiazole rings is 1. The van der Waals surface area contributed by atoms with E-state index in [0.29, 0.717) is 22.7 Å². The van der Waals surface area contributed by atoms with Gasteiger partial charge in [-0.25, -0.2) is 4.98 Å². The van der Waals surface area contributed by atoms with Crippen LogP contribution in [0.25, 0.3) is 0 Å². The van der Waals surface area contributed by atoms with E-state index in [2.05, 4.69) is 15.7 Å². The molecule has 0 unspecified atom stereocenters. The molecule has 1 amide bonds. The molecule has 0 aliphatic rings. The van der Waals surface area contributed by atoms with E-state index >= 15 is 0 Å². The smallest absolute Gasteiger partial charge is 0.255 e. The van der Waals surface area contributed by atoms with Crippen LogP contribution in [0.4, 0.5) is 5.69 Å². The molecule has 146 valence electrons. The van der Waals surface area contributed by atoms with Crippen LogP contribution < -0.4 is 14.8 Å². The van der Waals surface area contributed by atoms with Gasteiger partial charge in [-0.3, -0.25) is 4.79 Å². The maximum atomic E-state index is 12.6. The number of hydrogen-bond donors (Lipinski definition) is 1. The number of nitrogens with one attached hydrogen (secondary N) is 1. The molecule has 0 saturated heterocycles. The Morgan fingerprint density at radius 3 is 2.39 bits per heavy atom. The Kier molecular flexibility index (Phi) is 6.59. The molecule has 2 aromatic carbocycles. The van der Waals surface area contributed by atoms with Crippen molar-refractivity contribution in [2.45, 2.75) is 24.5 Å². The largest absolute Gasteiger partial charge is 0.493 e. The average Bonchev–Trinajstić information content (AvgIpc) is 3.13. The minimum Gasteiger partial charge on any atom is -0.493 e. The maximum absolute atomic E-state index is 12.6. The molecule has 1 N–H and O–H groups in total. The van der Waals surface area contributed by atoms with Gasteiger partial charge in [0.1, 0.15) is 0 Å². The van der Waals surface area contributed by atoms with Gasteiger partial charge in [-0.15, -0.1) is 23.1 Å². The molecule has 0 bridgehead atoms. The first-order valence-corrected chi connectivity index (χ1v) is 10.5. The summed E-state index contributed by atoms with van der Waals surface area (Å²) < 4.78 is 10.6. The number of aromatic nitrogens is 1. The molecule has 0 aliphatic heterocycles. The van der Waals surface area contributed by atoms with Crippen LogP contribution in [0, 0.1) is 13.8 Å². The van der Waals surface area contributed by atoms with Crippen LogP contribution in [-0.2, 0) is 5.75 Å². The summed E-state index contributed by atoms with van der Waals surface area (Å²) in [6.07, 6.45) is 0. The minimum atomic E-state index is -0.165. The van der Waals surface area contributed by atoms with Gasteiger partial charge < -0.3 is 14.8 Å². The second-order valence-electron chi connectivity index (χ2n) is 6.15. The molecule has 0 radical (unpaired) electrons. The molecule has 3 rings (SSSR count). The summed E-state index contributed by atoms with van der Waals surface area (Å²) in [5.41, 5.74) is 3.28. The van der Waals surface area contributed by atoms with E-state index in [-0.39, 0.29) is 5.91 Å². The van der Waals surface area contributed by atoms with Crippen LogP contribution in [0.15, 0.2) is 46.7 Å². The predicted molar refractivity (Wildman–Crippen MR) is 115 cm³/mol. The number of rotatable bonds is 7. The zero-order valence-electron chi connectivity index (χ0n) is 16.2. The fourth-order valence-corrected chi connectivity index (χ4v) is 4.15. The van der Waals surface area contributed by atoms with Crippen molar-refractivity contribution in [2.75, 3.05) is 19.5 Å². The minimum absolute atomic E-state index is 0.165. The highest BCUT2D eigenvalue weighted by Gasteiger charge is 2.12. The summed E-state index contributed by atoms with van der Waals surface area (Å²) in [6, 6.07) is 11.2. The second-order valence-corrected chi connectivity index (χ2v) is 8.26. The number of benzene rings is 2. The highest BCUT2D eigenvalue weighted by Crippen LogP contribution is 2.33. The van der Waals surface area contributed by atoms with Gasteiger partial charge in [0.05, 0.1) is 24.9 Å². The highest BCUT2D eigenvalue weighted by atomic mass is 32.2. The Morgan fingerprint density at radius 2 is 1.79 bits per heavy atom. The van der Waals surface area contributed by atoms with Crippen LogP contribution in [-0.4, -0.2) is 25.1 Å². The molecule has 28 heavy (non-hydrogen) atoms. The standard InChI is InChI=1S/C21H22N2O3S2/c1-13-9-19(25-3)20(26-4)10-18(13)23-21(24)15-5-7-17(8-6-15)28-12-16-11-27-14(2)22-16/h5-11H,12H2,1-4H3,(H,23,24). The summed E-state index contributed by atoms with van der Waals surface area (Å²) in [5, 5.41) is 6.10. The molecule has 0 spiro atoms. The van der Waals surface area contributed by atoms with Gasteiger partial charge in [-0.2, -0.15) is 0 Å². The number of ether oxygens (including phenoxy) is 2. The third-order valence-corrected chi connectivity index (χ3v) is 6.02. The van der Waals surface area contributed by atoms with E-state index in [9.17, 15) is 4.79 Å². The maximum Gasteiger partial charge on any atom is 0.255 e. The zero-order chi connectivity index (χ0) is 20.1. The average molecular weight is 415 g/mol. The van der Waals surface area contributed by atoms with Crippen molar-refractivity contribution in [3.05, 3.63) is 63.6 Å². The topological polar surface area (TPSA) is 60.5 Å². The molecule has 3 aromatic rings. The van der Waals surface area contributed by atoms with Crippen molar-refractivity contribution in [2.24, 2.45) is 0 Å². The van der Waals surface area contributed by atoms with Crippen molar-refractivity contribution in [3.8, 4) is 11.5 Å². The van der Waals surface area contributed by atoms with Gasteiger partial charge in [0, 0.05) is 33.3 Å². The van der Waals surface area contributed by atoms with Crippen molar-refractivity contribution in [3.63, 3.8) is 0 Å². The van der Waals surface area contributed by atoms with E-state index < -0.39 is 0 Å². The van der Waals surface area contributed by atoms with Gasteiger partial charge in [0.2, 0.25) is 0 Å². The summed E-state index contributed by atoms with van der Waals surface area (Å²) in [6.45, 7) is 3.92. The molecule has 1 aromatic heterocycles. The molecule has 7 heteroatoms. The first-order valence-electron chi connectivity index (χ1n) is 8.68. The van der Waals surface area contributed by atoms with Gasteiger partial charge in [0.15, 0.2) is 11.5 Å². The number of anilines is 1. The fourth-order valence-electron chi connectivity index (χ4n) is 2.64. The molecule has 0 saturated carbocycles. The van der Waals surface area contributed by atoms with E-state index in [1.807, 2.05) is 44.2 Å².